The molecule has 0 aliphatic rings. The Morgan fingerprint density at radius 1 is 1.39 bits per heavy atom. The third-order valence-corrected chi connectivity index (χ3v) is 4.14. The molecule has 0 aliphatic heterocycles. The lowest BCUT2D eigenvalue weighted by Crippen LogP contribution is -2.41. The fourth-order valence-corrected chi connectivity index (χ4v) is 2.68. The summed E-state index contributed by atoms with van der Waals surface area (Å²) in [6, 6.07) is 8.87. The van der Waals surface area contributed by atoms with Gasteiger partial charge in [0.2, 0.25) is 0 Å². The lowest BCUT2D eigenvalue weighted by atomic mass is 10.1. The number of rotatable bonds is 6. The number of benzene rings is 1. The standard InChI is InChI=1S/C18H19NO3S/c1-4-18(2,3)19-17(21)16-15(10-12-23-16)22-11-9-13-7-5-6-8-14(13)20/h1,5-8,10,12,20H,9,11H2,2-3H3,(H,19,21). The average Bonchev–Trinajstić information content (AvgIpc) is 2.97. The van der Waals surface area contributed by atoms with Crippen LogP contribution in [-0.2, 0) is 6.42 Å². The molecule has 23 heavy (non-hydrogen) atoms. The Bertz CT molecular complexity index is 728. The van der Waals surface area contributed by atoms with Crippen molar-refractivity contribution in [3.63, 3.8) is 0 Å². The zero-order chi connectivity index (χ0) is 16.9. The van der Waals surface area contributed by atoms with Gasteiger partial charge in [0.1, 0.15) is 16.4 Å². The lowest BCUT2D eigenvalue weighted by molar-refractivity contribution is 0.0930. The van der Waals surface area contributed by atoms with Crippen molar-refractivity contribution in [1.29, 1.82) is 0 Å². The first-order chi connectivity index (χ1) is 10.9. The van der Waals surface area contributed by atoms with E-state index >= 15 is 0 Å². The number of ether oxygens (including phenoxy) is 1. The summed E-state index contributed by atoms with van der Waals surface area (Å²) >= 11 is 1.30. The zero-order valence-corrected chi connectivity index (χ0v) is 13.9. The van der Waals surface area contributed by atoms with E-state index in [1.54, 1.807) is 37.4 Å². The molecular formula is C18H19NO3S. The molecular weight excluding hydrogens is 310 g/mol. The number of terminal acetylenes is 1. The van der Waals surface area contributed by atoms with E-state index in [-0.39, 0.29) is 11.7 Å². The maximum Gasteiger partial charge on any atom is 0.266 e. The Morgan fingerprint density at radius 3 is 2.83 bits per heavy atom. The highest BCUT2D eigenvalue weighted by Gasteiger charge is 2.21. The number of amides is 1. The Morgan fingerprint density at radius 2 is 2.13 bits per heavy atom. The molecule has 0 saturated carbocycles. The normalized spacial score (nSPS) is 10.8. The average molecular weight is 329 g/mol. The van der Waals surface area contributed by atoms with Crippen LogP contribution in [-0.4, -0.2) is 23.2 Å². The minimum atomic E-state index is -0.714. The van der Waals surface area contributed by atoms with Crippen LogP contribution in [0.15, 0.2) is 35.7 Å². The number of para-hydroxylation sites is 1. The molecule has 2 rings (SSSR count). The fraction of sp³-hybridized carbons (Fsp3) is 0.278. The van der Waals surface area contributed by atoms with Crippen LogP contribution in [0.25, 0.3) is 0 Å². The van der Waals surface area contributed by atoms with Gasteiger partial charge in [-0.25, -0.2) is 0 Å². The minimum absolute atomic E-state index is 0.246. The second-order valence-electron chi connectivity index (χ2n) is 5.56. The summed E-state index contributed by atoms with van der Waals surface area (Å²) in [5.41, 5.74) is 0.0935. The van der Waals surface area contributed by atoms with Crippen molar-refractivity contribution >= 4 is 17.2 Å². The van der Waals surface area contributed by atoms with Crippen LogP contribution >= 0.6 is 11.3 Å². The molecule has 2 N–H and O–H groups in total. The van der Waals surface area contributed by atoms with E-state index in [2.05, 4.69) is 11.2 Å². The van der Waals surface area contributed by atoms with Crippen LogP contribution in [0.3, 0.4) is 0 Å². The Hall–Kier alpha value is -2.45. The summed E-state index contributed by atoms with van der Waals surface area (Å²) in [5, 5.41) is 14.3. The summed E-state index contributed by atoms with van der Waals surface area (Å²) in [4.78, 5) is 12.8. The second kappa shape index (κ2) is 7.21. The Kier molecular flexibility index (Phi) is 5.30. The van der Waals surface area contributed by atoms with Gasteiger partial charge < -0.3 is 15.2 Å². The molecule has 0 aliphatic carbocycles. The highest BCUT2D eigenvalue weighted by molar-refractivity contribution is 7.12. The third-order valence-electron chi connectivity index (χ3n) is 3.24. The van der Waals surface area contributed by atoms with E-state index in [4.69, 9.17) is 11.2 Å². The number of carbonyl (C=O) groups is 1. The summed E-state index contributed by atoms with van der Waals surface area (Å²) in [7, 11) is 0. The van der Waals surface area contributed by atoms with Crippen LogP contribution in [0, 0.1) is 12.3 Å². The van der Waals surface area contributed by atoms with Crippen LogP contribution < -0.4 is 10.1 Å². The highest BCUT2D eigenvalue weighted by Crippen LogP contribution is 2.26. The number of aromatic hydroxyl groups is 1. The van der Waals surface area contributed by atoms with Gasteiger partial charge in [0.25, 0.3) is 5.91 Å². The highest BCUT2D eigenvalue weighted by atomic mass is 32.1. The summed E-state index contributed by atoms with van der Waals surface area (Å²) in [5.74, 6) is 3.05. The molecule has 0 spiro atoms. The van der Waals surface area contributed by atoms with Gasteiger partial charge >= 0.3 is 0 Å². The molecule has 120 valence electrons. The molecule has 2 aromatic rings. The Balaban J connectivity index is 1.98. The molecule has 1 heterocycles. The first-order valence-corrected chi connectivity index (χ1v) is 8.08. The van der Waals surface area contributed by atoms with Gasteiger partial charge in [-0.05, 0) is 36.9 Å². The molecule has 0 atom stereocenters. The van der Waals surface area contributed by atoms with Gasteiger partial charge in [0, 0.05) is 6.42 Å². The topological polar surface area (TPSA) is 58.6 Å². The minimum Gasteiger partial charge on any atom is -0.508 e. The first kappa shape index (κ1) is 16.9. The molecule has 0 fully saturated rings. The summed E-state index contributed by atoms with van der Waals surface area (Å²) in [6.07, 6.45) is 5.94. The molecule has 1 aromatic heterocycles. The van der Waals surface area contributed by atoms with Crippen molar-refractivity contribution in [3.8, 4) is 23.8 Å². The van der Waals surface area contributed by atoms with Crippen molar-refractivity contribution in [1.82, 2.24) is 5.32 Å². The van der Waals surface area contributed by atoms with Crippen LogP contribution in [0.4, 0.5) is 0 Å². The quantitative estimate of drug-likeness (QED) is 0.800. The third kappa shape index (κ3) is 4.51. The number of hydrogen-bond donors (Lipinski definition) is 2. The lowest BCUT2D eigenvalue weighted by Gasteiger charge is -2.19. The van der Waals surface area contributed by atoms with E-state index < -0.39 is 5.54 Å². The molecule has 0 saturated heterocycles. The van der Waals surface area contributed by atoms with Gasteiger partial charge in [-0.3, -0.25) is 4.79 Å². The number of hydrogen-bond acceptors (Lipinski definition) is 4. The van der Waals surface area contributed by atoms with E-state index in [0.717, 1.165) is 5.56 Å². The molecule has 0 unspecified atom stereocenters. The number of phenols is 1. The maximum absolute atomic E-state index is 12.3. The number of carbonyl (C=O) groups excluding carboxylic acids is 1. The molecule has 4 nitrogen and oxygen atoms in total. The first-order valence-electron chi connectivity index (χ1n) is 7.20. The second-order valence-corrected chi connectivity index (χ2v) is 6.48. The molecule has 0 radical (unpaired) electrons. The van der Waals surface area contributed by atoms with Gasteiger partial charge in [-0.15, -0.1) is 17.8 Å². The SMILES string of the molecule is C#CC(C)(C)NC(=O)c1sccc1OCCc1ccccc1O. The van der Waals surface area contributed by atoms with Crippen molar-refractivity contribution in [3.05, 3.63) is 46.2 Å². The van der Waals surface area contributed by atoms with E-state index in [1.807, 2.05) is 12.1 Å². The predicted octanol–water partition coefficient (Wildman–Crippen LogP) is 3.22. The van der Waals surface area contributed by atoms with Gasteiger partial charge in [0.15, 0.2) is 0 Å². The molecule has 1 aromatic carbocycles. The molecule has 0 bridgehead atoms. The van der Waals surface area contributed by atoms with E-state index in [9.17, 15) is 9.90 Å². The largest absolute Gasteiger partial charge is 0.508 e. The van der Waals surface area contributed by atoms with Crippen molar-refractivity contribution in [2.75, 3.05) is 6.61 Å². The van der Waals surface area contributed by atoms with Crippen molar-refractivity contribution < 1.29 is 14.6 Å². The molecule has 5 heteroatoms. The summed E-state index contributed by atoms with van der Waals surface area (Å²) in [6.45, 7) is 3.89. The van der Waals surface area contributed by atoms with Crippen LogP contribution in [0.5, 0.6) is 11.5 Å². The van der Waals surface area contributed by atoms with Crippen molar-refractivity contribution in [2.45, 2.75) is 25.8 Å². The number of phenolic OH excluding ortho intramolecular Hbond substituents is 1. The molecule has 1 amide bonds. The maximum atomic E-state index is 12.3. The van der Waals surface area contributed by atoms with Gasteiger partial charge in [-0.1, -0.05) is 24.1 Å². The van der Waals surface area contributed by atoms with E-state index in [0.29, 0.717) is 23.7 Å². The number of thiophene rings is 1. The van der Waals surface area contributed by atoms with Crippen LogP contribution in [0.1, 0.15) is 29.1 Å². The smallest absolute Gasteiger partial charge is 0.266 e. The predicted molar refractivity (Wildman–Crippen MR) is 92.0 cm³/mol. The van der Waals surface area contributed by atoms with Crippen LogP contribution in [0.2, 0.25) is 0 Å². The van der Waals surface area contributed by atoms with E-state index in [1.165, 1.54) is 11.3 Å². The number of nitrogens with one attached hydrogen (secondary N) is 1. The fourth-order valence-electron chi connectivity index (χ4n) is 1.95. The Labute approximate surface area is 140 Å². The van der Waals surface area contributed by atoms with Crippen molar-refractivity contribution in [2.24, 2.45) is 0 Å². The zero-order valence-electron chi connectivity index (χ0n) is 13.1. The van der Waals surface area contributed by atoms with Gasteiger partial charge in [0.05, 0.1) is 12.1 Å². The monoisotopic (exact) mass is 329 g/mol. The summed E-state index contributed by atoms with van der Waals surface area (Å²) < 4.78 is 5.69. The van der Waals surface area contributed by atoms with Gasteiger partial charge in [-0.2, -0.15) is 0 Å².